The maximum atomic E-state index is 12.9. The predicted octanol–water partition coefficient (Wildman–Crippen LogP) is 10.7. The van der Waals surface area contributed by atoms with Crippen LogP contribution in [0.15, 0.2) is 137 Å². The van der Waals surface area contributed by atoms with Gasteiger partial charge in [-0.3, -0.25) is 4.55 Å². The van der Waals surface area contributed by atoms with Gasteiger partial charge in [0.2, 0.25) is 11.4 Å². The Morgan fingerprint density at radius 3 is 2.02 bits per heavy atom. The van der Waals surface area contributed by atoms with E-state index in [1.807, 2.05) is 24.3 Å². The molecular formula is C43H49N2O3S+. The third-order valence-electron chi connectivity index (χ3n) is 8.84. The van der Waals surface area contributed by atoms with Crippen LogP contribution in [-0.2, 0) is 16.5 Å². The topological polar surface area (TPSA) is 60.6 Å². The second-order valence-corrected chi connectivity index (χ2v) is 13.9. The molecule has 0 saturated heterocycles. The summed E-state index contributed by atoms with van der Waals surface area (Å²) in [6, 6.07) is 34.3. The van der Waals surface area contributed by atoms with Crippen molar-refractivity contribution in [1.82, 2.24) is 0 Å². The Morgan fingerprint density at radius 2 is 1.37 bits per heavy atom. The minimum Gasteiger partial charge on any atom is -0.341 e. The summed E-state index contributed by atoms with van der Waals surface area (Å²) in [5.41, 5.74) is 10.0. The first-order chi connectivity index (χ1) is 23.8. The van der Waals surface area contributed by atoms with Gasteiger partial charge in [-0.2, -0.15) is 13.0 Å². The fraction of sp³-hybridized carbons (Fsp3) is 0.279. The Hall–Kier alpha value is -4.52. The van der Waals surface area contributed by atoms with Crippen molar-refractivity contribution in [1.29, 1.82) is 0 Å². The Bertz CT molecular complexity index is 1970. The van der Waals surface area contributed by atoms with Crippen molar-refractivity contribution >= 4 is 38.5 Å². The van der Waals surface area contributed by atoms with Crippen LogP contribution in [0.5, 0.6) is 0 Å². The van der Waals surface area contributed by atoms with Gasteiger partial charge >= 0.3 is 0 Å². The molecule has 0 atom stereocenters. The molecule has 4 aromatic rings. The van der Waals surface area contributed by atoms with Crippen LogP contribution < -0.4 is 4.90 Å². The van der Waals surface area contributed by atoms with E-state index in [1.54, 1.807) is 6.07 Å². The van der Waals surface area contributed by atoms with Crippen LogP contribution >= 0.6 is 0 Å². The van der Waals surface area contributed by atoms with E-state index in [9.17, 15) is 13.0 Å². The SMILES string of the molecule is CCCC1=CC(=[N+](CCC)c2ccccc2)C=CC1=C(c1ccc(N(CCC)c2ccccc2)cc1CCC)c1ccccc1S(=O)(=O)O. The van der Waals surface area contributed by atoms with Gasteiger partial charge in [0.1, 0.15) is 11.4 Å². The lowest BCUT2D eigenvalue weighted by Crippen LogP contribution is -2.19. The molecule has 0 aromatic heterocycles. The summed E-state index contributed by atoms with van der Waals surface area (Å²) >= 11 is 0. The third kappa shape index (κ3) is 8.38. The molecule has 0 spiro atoms. The predicted molar refractivity (Wildman–Crippen MR) is 205 cm³/mol. The van der Waals surface area contributed by atoms with E-state index in [4.69, 9.17) is 0 Å². The number of nitrogens with zero attached hydrogens (tertiary/aromatic N) is 2. The molecule has 254 valence electrons. The van der Waals surface area contributed by atoms with Crippen LogP contribution in [0.4, 0.5) is 17.1 Å². The van der Waals surface area contributed by atoms with Gasteiger partial charge in [-0.25, -0.2) is 0 Å². The molecule has 0 amide bonds. The standard InChI is InChI=1S/C43H48N2O3S/c1-5-17-33-31-37(44(29-7-3)35-19-11-9-12-20-35)25-27-39(33)43(41-23-15-16-24-42(41)49(46,47)48)40-28-26-38(32-34(40)18-6-2)45(30-8-4)36-21-13-10-14-22-36/h9-16,19-28,31-32H,5-8,17-18,29-30H2,1-4H3/p+1. The molecule has 0 unspecified atom stereocenters. The first kappa shape index (κ1) is 35.8. The van der Waals surface area contributed by atoms with E-state index < -0.39 is 10.1 Å². The number of hydrogen-bond donors (Lipinski definition) is 1. The summed E-state index contributed by atoms with van der Waals surface area (Å²) < 4.78 is 38.7. The Balaban J connectivity index is 1.81. The van der Waals surface area contributed by atoms with Crippen molar-refractivity contribution in [2.45, 2.75) is 71.1 Å². The molecule has 1 aliphatic rings. The number of rotatable bonds is 14. The number of hydrogen-bond acceptors (Lipinski definition) is 3. The summed E-state index contributed by atoms with van der Waals surface area (Å²) in [4.78, 5) is 2.26. The number of aryl methyl sites for hydroxylation is 1. The summed E-state index contributed by atoms with van der Waals surface area (Å²) in [5, 5.41) is 0. The van der Waals surface area contributed by atoms with Crippen molar-refractivity contribution < 1.29 is 17.5 Å². The van der Waals surface area contributed by atoms with E-state index in [1.165, 1.54) is 6.07 Å². The minimum atomic E-state index is -4.51. The molecule has 0 aliphatic heterocycles. The Morgan fingerprint density at radius 1 is 0.694 bits per heavy atom. The molecule has 4 aromatic carbocycles. The lowest BCUT2D eigenvalue weighted by molar-refractivity contribution is -0.439. The van der Waals surface area contributed by atoms with Gasteiger partial charge in [0.05, 0.1) is 0 Å². The highest BCUT2D eigenvalue weighted by molar-refractivity contribution is 7.86. The number of benzene rings is 4. The molecule has 5 nitrogen and oxygen atoms in total. The van der Waals surface area contributed by atoms with Gasteiger partial charge in [0.25, 0.3) is 10.1 Å². The highest BCUT2D eigenvalue weighted by Gasteiger charge is 2.27. The van der Waals surface area contributed by atoms with Crippen LogP contribution in [0.25, 0.3) is 5.57 Å². The molecule has 0 heterocycles. The lowest BCUT2D eigenvalue weighted by Gasteiger charge is -2.27. The van der Waals surface area contributed by atoms with E-state index in [2.05, 4.69) is 122 Å². The Labute approximate surface area is 293 Å². The van der Waals surface area contributed by atoms with Crippen molar-refractivity contribution in [2.75, 3.05) is 18.0 Å². The maximum Gasteiger partial charge on any atom is 0.295 e. The first-order valence-electron chi connectivity index (χ1n) is 17.7. The zero-order chi connectivity index (χ0) is 34.8. The molecule has 1 N–H and O–H groups in total. The first-order valence-corrected chi connectivity index (χ1v) is 19.1. The molecule has 6 heteroatoms. The number of allylic oxidation sites excluding steroid dienone is 5. The summed E-state index contributed by atoms with van der Waals surface area (Å²) in [7, 11) is -4.51. The van der Waals surface area contributed by atoms with Crippen molar-refractivity contribution in [3.63, 3.8) is 0 Å². The third-order valence-corrected chi connectivity index (χ3v) is 9.75. The van der Waals surface area contributed by atoms with Crippen LogP contribution in [0.3, 0.4) is 0 Å². The minimum absolute atomic E-state index is 0.0863. The number of anilines is 2. The van der Waals surface area contributed by atoms with Gasteiger partial charge in [-0.1, -0.05) is 101 Å². The van der Waals surface area contributed by atoms with Crippen LogP contribution in [0.2, 0.25) is 0 Å². The second kappa shape index (κ2) is 16.7. The van der Waals surface area contributed by atoms with Crippen molar-refractivity contribution in [3.8, 4) is 0 Å². The summed E-state index contributed by atoms with van der Waals surface area (Å²) in [6.07, 6.45) is 12.0. The van der Waals surface area contributed by atoms with Gasteiger partial charge in [0.15, 0.2) is 0 Å². The average molecular weight is 674 g/mol. The van der Waals surface area contributed by atoms with Gasteiger partial charge in [-0.15, -0.1) is 0 Å². The van der Waals surface area contributed by atoms with E-state index >= 15 is 0 Å². The highest BCUT2D eigenvalue weighted by atomic mass is 32.2. The second-order valence-electron chi connectivity index (χ2n) is 12.5. The molecule has 5 rings (SSSR count). The average Bonchev–Trinajstić information content (AvgIpc) is 3.11. The van der Waals surface area contributed by atoms with Gasteiger partial charge in [-0.05, 0) is 83.5 Å². The van der Waals surface area contributed by atoms with E-state index in [0.717, 1.165) is 102 Å². The Kier molecular flexibility index (Phi) is 12.2. The zero-order valence-corrected chi connectivity index (χ0v) is 30.1. The van der Waals surface area contributed by atoms with Crippen LogP contribution in [0.1, 0.15) is 76.5 Å². The quantitative estimate of drug-likeness (QED) is 0.107. The highest BCUT2D eigenvalue weighted by Crippen LogP contribution is 2.40. The fourth-order valence-electron chi connectivity index (χ4n) is 6.75. The van der Waals surface area contributed by atoms with Gasteiger partial charge < -0.3 is 4.90 Å². The molecule has 0 bridgehead atoms. The van der Waals surface area contributed by atoms with E-state index in [-0.39, 0.29) is 4.90 Å². The van der Waals surface area contributed by atoms with Crippen molar-refractivity contribution in [3.05, 3.63) is 149 Å². The van der Waals surface area contributed by atoms with Gasteiger partial charge in [0, 0.05) is 54.2 Å². The zero-order valence-electron chi connectivity index (χ0n) is 29.3. The summed E-state index contributed by atoms with van der Waals surface area (Å²) in [5.74, 6) is 0. The monoisotopic (exact) mass is 673 g/mol. The van der Waals surface area contributed by atoms with Crippen molar-refractivity contribution in [2.24, 2.45) is 0 Å². The molecule has 1 aliphatic carbocycles. The normalized spacial score (nSPS) is 15.2. The maximum absolute atomic E-state index is 12.9. The smallest absolute Gasteiger partial charge is 0.295 e. The molecule has 0 radical (unpaired) electrons. The molecular weight excluding hydrogens is 625 g/mol. The molecule has 0 saturated carbocycles. The van der Waals surface area contributed by atoms with E-state index in [0.29, 0.717) is 5.56 Å². The number of para-hydroxylation sites is 2. The lowest BCUT2D eigenvalue weighted by atomic mass is 9.82. The van der Waals surface area contributed by atoms with Crippen LogP contribution in [0, 0.1) is 0 Å². The summed E-state index contributed by atoms with van der Waals surface area (Å²) in [6.45, 7) is 10.5. The molecule has 0 fully saturated rings. The molecule has 49 heavy (non-hydrogen) atoms. The van der Waals surface area contributed by atoms with Crippen LogP contribution in [-0.4, -0.2) is 36.3 Å². The fourth-order valence-corrected chi connectivity index (χ4v) is 7.45. The largest absolute Gasteiger partial charge is 0.341 e.